The summed E-state index contributed by atoms with van der Waals surface area (Å²) in [5, 5.41) is 6.40. The zero-order valence-electron chi connectivity index (χ0n) is 13.9. The Labute approximate surface area is 140 Å². The number of amides is 1. The average molecular weight is 335 g/mol. The molecule has 0 spiro atoms. The van der Waals surface area contributed by atoms with Gasteiger partial charge in [-0.15, -0.1) is 12.4 Å². The summed E-state index contributed by atoms with van der Waals surface area (Å²) < 4.78 is 11.1. The van der Waals surface area contributed by atoms with Crippen molar-refractivity contribution < 1.29 is 14.3 Å². The quantitative estimate of drug-likeness (QED) is 0.698. The summed E-state index contributed by atoms with van der Waals surface area (Å²) in [6.07, 6.45) is 5.92. The van der Waals surface area contributed by atoms with E-state index >= 15 is 0 Å². The maximum Gasteiger partial charge on any atom is 0.239 e. The number of rotatable bonds is 7. The van der Waals surface area contributed by atoms with Crippen LogP contribution in [-0.2, 0) is 14.3 Å². The van der Waals surface area contributed by atoms with Crippen LogP contribution >= 0.6 is 12.4 Å². The van der Waals surface area contributed by atoms with Crippen LogP contribution < -0.4 is 10.6 Å². The lowest BCUT2D eigenvalue weighted by atomic mass is 9.83. The molecule has 2 rings (SSSR count). The molecule has 0 bridgehead atoms. The van der Waals surface area contributed by atoms with Gasteiger partial charge in [-0.05, 0) is 38.5 Å². The maximum absolute atomic E-state index is 12.4. The monoisotopic (exact) mass is 334 g/mol. The van der Waals surface area contributed by atoms with Crippen LogP contribution in [0.4, 0.5) is 0 Å². The predicted molar refractivity (Wildman–Crippen MR) is 89.5 cm³/mol. The summed E-state index contributed by atoms with van der Waals surface area (Å²) in [4.78, 5) is 12.4. The molecule has 22 heavy (non-hydrogen) atoms. The predicted octanol–water partition coefficient (Wildman–Crippen LogP) is 1.89. The van der Waals surface area contributed by atoms with Crippen LogP contribution in [0.1, 0.15) is 46.0 Å². The van der Waals surface area contributed by atoms with Gasteiger partial charge in [-0.25, -0.2) is 0 Å². The molecule has 1 saturated heterocycles. The molecule has 0 unspecified atom stereocenters. The summed E-state index contributed by atoms with van der Waals surface area (Å²) in [6.45, 7) is 7.75. The summed E-state index contributed by atoms with van der Waals surface area (Å²) in [7, 11) is 0. The second-order valence-electron chi connectivity index (χ2n) is 6.38. The Hall–Kier alpha value is -0.360. The highest BCUT2D eigenvalue weighted by molar-refractivity contribution is 5.85. The molecule has 1 saturated carbocycles. The zero-order valence-corrected chi connectivity index (χ0v) is 14.7. The number of halogens is 1. The molecule has 1 aliphatic heterocycles. The van der Waals surface area contributed by atoms with Gasteiger partial charge in [0.25, 0.3) is 0 Å². The summed E-state index contributed by atoms with van der Waals surface area (Å²) in [6, 6.07) is -0.218. The van der Waals surface area contributed by atoms with E-state index in [4.69, 9.17) is 9.47 Å². The van der Waals surface area contributed by atoms with Crippen LogP contribution in [0.2, 0.25) is 0 Å². The molecule has 0 aromatic heterocycles. The van der Waals surface area contributed by atoms with Crippen LogP contribution in [0, 0.1) is 5.41 Å². The minimum Gasteiger partial charge on any atom is -0.382 e. The SMILES string of the molecule is CCOCCC1(CNC(=O)[C@H]2NCCO[C@@H]2C)CCCC1.Cl. The van der Waals surface area contributed by atoms with Crippen molar-refractivity contribution in [1.82, 2.24) is 10.6 Å². The molecule has 2 N–H and O–H groups in total. The summed E-state index contributed by atoms with van der Waals surface area (Å²) in [5.41, 5.74) is 0.240. The number of carbonyl (C=O) groups is 1. The molecule has 1 amide bonds. The van der Waals surface area contributed by atoms with Gasteiger partial charge < -0.3 is 20.1 Å². The van der Waals surface area contributed by atoms with Gasteiger partial charge in [-0.2, -0.15) is 0 Å². The van der Waals surface area contributed by atoms with Crippen molar-refractivity contribution >= 4 is 18.3 Å². The molecule has 6 heteroatoms. The van der Waals surface area contributed by atoms with Gasteiger partial charge in [0.05, 0.1) is 12.7 Å². The average Bonchev–Trinajstić information content (AvgIpc) is 2.95. The van der Waals surface area contributed by atoms with Gasteiger partial charge in [0, 0.05) is 26.3 Å². The van der Waals surface area contributed by atoms with E-state index in [2.05, 4.69) is 10.6 Å². The van der Waals surface area contributed by atoms with Gasteiger partial charge in [0.2, 0.25) is 5.91 Å². The summed E-state index contributed by atoms with van der Waals surface area (Å²) in [5.74, 6) is 0.0740. The Bertz CT molecular complexity index is 335. The molecule has 0 radical (unpaired) electrons. The third kappa shape index (κ3) is 5.37. The third-order valence-electron chi connectivity index (χ3n) is 4.88. The van der Waals surface area contributed by atoms with Crippen molar-refractivity contribution in [3.63, 3.8) is 0 Å². The van der Waals surface area contributed by atoms with Crippen molar-refractivity contribution in [2.24, 2.45) is 5.41 Å². The second kappa shape index (κ2) is 9.71. The lowest BCUT2D eigenvalue weighted by Crippen LogP contribution is -2.56. The van der Waals surface area contributed by atoms with Crippen molar-refractivity contribution in [1.29, 1.82) is 0 Å². The molecule has 0 aromatic carbocycles. The molecule has 1 aliphatic carbocycles. The van der Waals surface area contributed by atoms with Crippen LogP contribution in [0.25, 0.3) is 0 Å². The van der Waals surface area contributed by atoms with E-state index in [0.29, 0.717) is 6.61 Å². The van der Waals surface area contributed by atoms with Crippen molar-refractivity contribution in [2.45, 2.75) is 58.1 Å². The Morgan fingerprint density at radius 1 is 1.41 bits per heavy atom. The fraction of sp³-hybridized carbons (Fsp3) is 0.938. The number of carbonyl (C=O) groups excluding carboxylic acids is 1. The maximum atomic E-state index is 12.4. The standard InChI is InChI=1S/C16H30N2O3.ClH/c1-3-20-10-8-16(6-4-5-7-16)12-18-15(19)14-13(2)21-11-9-17-14;/h13-14,17H,3-12H2,1-2H3,(H,18,19);1H/t13-,14+;/m1./s1. The Morgan fingerprint density at radius 2 is 2.14 bits per heavy atom. The molecule has 1 heterocycles. The van der Waals surface area contributed by atoms with Crippen molar-refractivity contribution in [3.05, 3.63) is 0 Å². The van der Waals surface area contributed by atoms with Crippen molar-refractivity contribution in [3.8, 4) is 0 Å². The highest BCUT2D eigenvalue weighted by atomic mass is 35.5. The number of nitrogens with one attached hydrogen (secondary N) is 2. The first-order chi connectivity index (χ1) is 10.2. The van der Waals surface area contributed by atoms with E-state index in [1.807, 2.05) is 13.8 Å². The van der Waals surface area contributed by atoms with Crippen molar-refractivity contribution in [2.75, 3.05) is 32.9 Å². The van der Waals surface area contributed by atoms with E-state index in [9.17, 15) is 4.79 Å². The Balaban J connectivity index is 0.00000242. The minimum atomic E-state index is -0.218. The topological polar surface area (TPSA) is 59.6 Å². The molecule has 2 aliphatic rings. The van der Waals surface area contributed by atoms with Gasteiger partial charge in [-0.1, -0.05) is 12.8 Å². The van der Waals surface area contributed by atoms with E-state index in [0.717, 1.165) is 32.7 Å². The zero-order chi connectivity index (χ0) is 15.1. The Morgan fingerprint density at radius 3 is 2.77 bits per heavy atom. The first-order valence-electron chi connectivity index (χ1n) is 8.37. The number of ether oxygens (including phenoxy) is 2. The molecule has 130 valence electrons. The third-order valence-corrected chi connectivity index (χ3v) is 4.88. The van der Waals surface area contributed by atoms with Gasteiger partial charge in [0.15, 0.2) is 0 Å². The van der Waals surface area contributed by atoms with Crippen LogP contribution in [0.15, 0.2) is 0 Å². The lowest BCUT2D eigenvalue weighted by Gasteiger charge is -2.33. The van der Waals surface area contributed by atoms with Gasteiger partial charge >= 0.3 is 0 Å². The lowest BCUT2D eigenvalue weighted by molar-refractivity contribution is -0.129. The van der Waals surface area contributed by atoms with Crippen LogP contribution in [0.5, 0.6) is 0 Å². The second-order valence-corrected chi connectivity index (χ2v) is 6.38. The molecular formula is C16H31ClN2O3. The first-order valence-corrected chi connectivity index (χ1v) is 8.37. The molecule has 5 nitrogen and oxygen atoms in total. The van der Waals surface area contributed by atoms with Crippen LogP contribution in [0.3, 0.4) is 0 Å². The molecular weight excluding hydrogens is 304 g/mol. The number of hydrogen-bond donors (Lipinski definition) is 2. The number of hydrogen-bond acceptors (Lipinski definition) is 4. The van der Waals surface area contributed by atoms with E-state index in [1.54, 1.807) is 0 Å². The van der Waals surface area contributed by atoms with Gasteiger partial charge in [0.1, 0.15) is 6.04 Å². The smallest absolute Gasteiger partial charge is 0.239 e. The first kappa shape index (κ1) is 19.7. The molecule has 2 atom stereocenters. The minimum absolute atomic E-state index is 0. The van der Waals surface area contributed by atoms with Gasteiger partial charge in [-0.3, -0.25) is 4.79 Å². The van der Waals surface area contributed by atoms with E-state index in [-0.39, 0.29) is 35.9 Å². The largest absolute Gasteiger partial charge is 0.382 e. The van der Waals surface area contributed by atoms with E-state index in [1.165, 1.54) is 25.7 Å². The fourth-order valence-corrected chi connectivity index (χ4v) is 3.49. The Kier molecular flexibility index (Phi) is 8.69. The highest BCUT2D eigenvalue weighted by Gasteiger charge is 2.35. The molecule has 0 aromatic rings. The molecule has 2 fully saturated rings. The van der Waals surface area contributed by atoms with Crippen LogP contribution in [-0.4, -0.2) is 51.0 Å². The fourth-order valence-electron chi connectivity index (χ4n) is 3.49. The number of morpholine rings is 1. The van der Waals surface area contributed by atoms with E-state index < -0.39 is 0 Å². The summed E-state index contributed by atoms with van der Waals surface area (Å²) >= 11 is 0. The normalized spacial score (nSPS) is 27.2. The highest BCUT2D eigenvalue weighted by Crippen LogP contribution is 2.40.